The Labute approximate surface area is 126 Å². The first kappa shape index (κ1) is 13.7. The highest BCUT2D eigenvalue weighted by molar-refractivity contribution is 6.31. The van der Waals surface area contributed by atoms with Gasteiger partial charge >= 0.3 is 0 Å². The number of halogens is 1. The number of rotatable bonds is 4. The van der Waals surface area contributed by atoms with Gasteiger partial charge in [0.15, 0.2) is 0 Å². The highest BCUT2D eigenvalue weighted by Gasteiger charge is 2.09. The molecular formula is C16H13ClN2O2. The molecule has 0 atom stereocenters. The van der Waals surface area contributed by atoms with Crippen molar-refractivity contribution in [2.75, 3.05) is 0 Å². The number of hydrogen-bond acceptors (Lipinski definition) is 2. The van der Waals surface area contributed by atoms with Crippen LogP contribution in [0.5, 0.6) is 0 Å². The van der Waals surface area contributed by atoms with E-state index in [0.29, 0.717) is 17.3 Å². The molecule has 0 saturated carbocycles. The number of H-pyrrole nitrogens is 1. The Morgan fingerprint density at radius 2 is 1.95 bits per heavy atom. The zero-order valence-corrected chi connectivity index (χ0v) is 11.9. The number of benzene rings is 2. The predicted octanol–water partition coefficient (Wildman–Crippen LogP) is 3.68. The average Bonchev–Trinajstić information content (AvgIpc) is 2.91. The molecule has 0 bridgehead atoms. The van der Waals surface area contributed by atoms with E-state index in [1.807, 2.05) is 36.4 Å². The molecule has 0 fully saturated rings. The molecule has 21 heavy (non-hydrogen) atoms. The lowest BCUT2D eigenvalue weighted by Crippen LogP contribution is -2.23. The first-order valence-electron chi connectivity index (χ1n) is 6.47. The monoisotopic (exact) mass is 300 g/mol. The van der Waals surface area contributed by atoms with Crippen LogP contribution >= 0.6 is 11.6 Å². The van der Waals surface area contributed by atoms with Gasteiger partial charge in [0.05, 0.1) is 6.61 Å². The van der Waals surface area contributed by atoms with Crippen molar-refractivity contribution in [3.8, 4) is 0 Å². The summed E-state index contributed by atoms with van der Waals surface area (Å²) in [6, 6.07) is 16.8. The first-order valence-corrected chi connectivity index (χ1v) is 6.84. The molecule has 3 aromatic rings. The third kappa shape index (κ3) is 3.24. The third-order valence-corrected chi connectivity index (χ3v) is 3.31. The summed E-state index contributed by atoms with van der Waals surface area (Å²) < 4.78 is 0. The van der Waals surface area contributed by atoms with Gasteiger partial charge in [-0.1, -0.05) is 41.9 Å². The topological polar surface area (TPSA) is 54.1 Å². The second-order valence-corrected chi connectivity index (χ2v) is 5.06. The molecular weight excluding hydrogens is 288 g/mol. The Bertz CT molecular complexity index is 768. The van der Waals surface area contributed by atoms with Crippen LogP contribution in [0.2, 0.25) is 5.02 Å². The molecule has 0 aliphatic rings. The molecule has 5 heteroatoms. The first-order chi connectivity index (χ1) is 10.2. The molecule has 1 heterocycles. The van der Waals surface area contributed by atoms with Crippen molar-refractivity contribution in [2.45, 2.75) is 6.61 Å². The summed E-state index contributed by atoms with van der Waals surface area (Å²) >= 11 is 5.92. The Morgan fingerprint density at radius 1 is 1.14 bits per heavy atom. The molecule has 0 aliphatic heterocycles. The third-order valence-electron chi connectivity index (χ3n) is 3.07. The zero-order valence-electron chi connectivity index (χ0n) is 11.1. The van der Waals surface area contributed by atoms with Crippen molar-refractivity contribution in [3.05, 3.63) is 70.9 Å². The van der Waals surface area contributed by atoms with Crippen molar-refractivity contribution >= 4 is 28.4 Å². The van der Waals surface area contributed by atoms with Gasteiger partial charge in [-0.15, -0.1) is 0 Å². The van der Waals surface area contributed by atoms with Crippen LogP contribution < -0.4 is 5.48 Å². The number of carbonyl (C=O) groups excluding carboxylic acids is 1. The minimum Gasteiger partial charge on any atom is -0.350 e. The van der Waals surface area contributed by atoms with Crippen LogP contribution in [-0.2, 0) is 11.4 Å². The van der Waals surface area contributed by atoms with E-state index >= 15 is 0 Å². The minimum absolute atomic E-state index is 0.318. The van der Waals surface area contributed by atoms with Gasteiger partial charge in [-0.3, -0.25) is 9.63 Å². The fourth-order valence-electron chi connectivity index (χ4n) is 2.04. The molecule has 0 spiro atoms. The maximum absolute atomic E-state index is 12.0. The smallest absolute Gasteiger partial charge is 0.291 e. The second-order valence-electron chi connectivity index (χ2n) is 4.62. The van der Waals surface area contributed by atoms with Crippen LogP contribution in [0.15, 0.2) is 54.6 Å². The largest absolute Gasteiger partial charge is 0.350 e. The van der Waals surface area contributed by atoms with Crippen LogP contribution in [0.25, 0.3) is 10.9 Å². The number of amides is 1. The quantitative estimate of drug-likeness (QED) is 0.722. The lowest BCUT2D eigenvalue weighted by atomic mass is 10.2. The molecule has 0 radical (unpaired) electrons. The Morgan fingerprint density at radius 3 is 2.76 bits per heavy atom. The highest BCUT2D eigenvalue weighted by atomic mass is 35.5. The van der Waals surface area contributed by atoms with Crippen LogP contribution in [0, 0.1) is 0 Å². The standard InChI is InChI=1S/C16H13ClN2O2/c17-13-6-7-14-12(8-13)9-15(18-14)16(20)19-21-10-11-4-2-1-3-5-11/h1-9,18H,10H2,(H,19,20). The van der Waals surface area contributed by atoms with Gasteiger partial charge in [0.25, 0.3) is 5.91 Å². The maximum Gasteiger partial charge on any atom is 0.291 e. The molecule has 1 aromatic heterocycles. The van der Waals surface area contributed by atoms with E-state index in [4.69, 9.17) is 16.4 Å². The lowest BCUT2D eigenvalue weighted by molar-refractivity contribution is 0.0230. The van der Waals surface area contributed by atoms with Crippen molar-refractivity contribution in [3.63, 3.8) is 0 Å². The average molecular weight is 301 g/mol. The van der Waals surface area contributed by atoms with E-state index in [1.165, 1.54) is 0 Å². The highest BCUT2D eigenvalue weighted by Crippen LogP contribution is 2.20. The molecule has 2 aromatic carbocycles. The Hall–Kier alpha value is -2.30. The normalized spacial score (nSPS) is 10.7. The number of aromatic nitrogens is 1. The predicted molar refractivity (Wildman–Crippen MR) is 82.0 cm³/mol. The lowest BCUT2D eigenvalue weighted by Gasteiger charge is -2.04. The summed E-state index contributed by atoms with van der Waals surface area (Å²) in [5.74, 6) is -0.321. The fourth-order valence-corrected chi connectivity index (χ4v) is 2.22. The van der Waals surface area contributed by atoms with Crippen LogP contribution in [0.1, 0.15) is 16.1 Å². The summed E-state index contributed by atoms with van der Waals surface area (Å²) in [5, 5.41) is 1.52. The van der Waals surface area contributed by atoms with Crippen molar-refractivity contribution in [1.29, 1.82) is 0 Å². The van der Waals surface area contributed by atoms with E-state index < -0.39 is 0 Å². The van der Waals surface area contributed by atoms with Gasteiger partial charge in [-0.2, -0.15) is 0 Å². The van der Waals surface area contributed by atoms with Gasteiger partial charge in [0.1, 0.15) is 5.69 Å². The van der Waals surface area contributed by atoms with Gasteiger partial charge in [0.2, 0.25) is 0 Å². The van der Waals surface area contributed by atoms with Crippen molar-refractivity contribution < 1.29 is 9.63 Å². The molecule has 1 amide bonds. The second kappa shape index (κ2) is 5.99. The summed E-state index contributed by atoms with van der Waals surface area (Å²) in [4.78, 5) is 20.2. The summed E-state index contributed by atoms with van der Waals surface area (Å²) in [6.45, 7) is 0.318. The van der Waals surface area contributed by atoms with Gasteiger partial charge < -0.3 is 4.98 Å². The van der Waals surface area contributed by atoms with Gasteiger partial charge in [0, 0.05) is 15.9 Å². The van der Waals surface area contributed by atoms with Crippen molar-refractivity contribution in [2.24, 2.45) is 0 Å². The fraction of sp³-hybridized carbons (Fsp3) is 0.0625. The van der Waals surface area contributed by atoms with E-state index in [9.17, 15) is 4.79 Å². The summed E-state index contributed by atoms with van der Waals surface area (Å²) in [7, 11) is 0. The van der Waals surface area contributed by atoms with Crippen LogP contribution in [-0.4, -0.2) is 10.9 Å². The molecule has 2 N–H and O–H groups in total. The number of carbonyl (C=O) groups is 1. The number of nitrogens with one attached hydrogen (secondary N) is 2. The molecule has 0 saturated heterocycles. The minimum atomic E-state index is -0.321. The molecule has 0 unspecified atom stereocenters. The van der Waals surface area contributed by atoms with Crippen molar-refractivity contribution in [1.82, 2.24) is 10.5 Å². The number of hydrogen-bond donors (Lipinski definition) is 2. The van der Waals surface area contributed by atoms with E-state index in [0.717, 1.165) is 16.5 Å². The number of hydroxylamine groups is 1. The Balaban J connectivity index is 1.64. The van der Waals surface area contributed by atoms with E-state index in [-0.39, 0.29) is 5.91 Å². The van der Waals surface area contributed by atoms with Gasteiger partial charge in [-0.25, -0.2) is 5.48 Å². The summed E-state index contributed by atoms with van der Waals surface area (Å²) in [6.07, 6.45) is 0. The Kier molecular flexibility index (Phi) is 3.90. The SMILES string of the molecule is O=C(NOCc1ccccc1)c1cc2cc(Cl)ccc2[nH]1. The van der Waals surface area contributed by atoms with Crippen LogP contribution in [0.3, 0.4) is 0 Å². The van der Waals surface area contributed by atoms with Gasteiger partial charge in [-0.05, 0) is 29.8 Å². The number of aromatic amines is 1. The van der Waals surface area contributed by atoms with E-state index in [1.54, 1.807) is 18.2 Å². The summed E-state index contributed by atoms with van der Waals surface area (Å²) in [5.41, 5.74) is 4.69. The molecule has 4 nitrogen and oxygen atoms in total. The zero-order chi connectivity index (χ0) is 14.7. The molecule has 3 rings (SSSR count). The molecule has 106 valence electrons. The van der Waals surface area contributed by atoms with E-state index in [2.05, 4.69) is 10.5 Å². The maximum atomic E-state index is 12.0. The molecule has 0 aliphatic carbocycles. The van der Waals surface area contributed by atoms with Crippen LogP contribution in [0.4, 0.5) is 0 Å². The number of fused-ring (bicyclic) bond motifs is 1.